The van der Waals surface area contributed by atoms with E-state index in [9.17, 15) is 18.0 Å². The Morgan fingerprint density at radius 1 is 1.18 bits per heavy atom. The lowest BCUT2D eigenvalue weighted by Crippen LogP contribution is -2.25. The molecule has 2 aromatic carbocycles. The van der Waals surface area contributed by atoms with Crippen LogP contribution in [0.4, 0.5) is 13.2 Å². The van der Waals surface area contributed by atoms with Gasteiger partial charge in [-0.15, -0.1) is 0 Å². The van der Waals surface area contributed by atoms with Gasteiger partial charge in [-0.3, -0.25) is 9.69 Å². The number of allylic oxidation sites excluding steroid dienone is 3. The molecule has 0 aliphatic rings. The number of hydrogen-bond donors (Lipinski definition) is 1. The SMILES string of the molecule is C=C/C=C(\C(=C/Cc1nc(-c2ccc(CN(C)CC(=O)O)cc2)no1)COC)c1ccccc1C(F)(F)F. The molecule has 38 heavy (non-hydrogen) atoms. The first-order valence-electron chi connectivity index (χ1n) is 11.6. The van der Waals surface area contributed by atoms with Crippen LogP contribution in [0.15, 0.2) is 83.4 Å². The molecule has 0 saturated carbocycles. The monoisotopic (exact) mass is 527 g/mol. The molecule has 1 aromatic heterocycles. The average molecular weight is 528 g/mol. The Hall–Kier alpha value is -4.02. The molecular weight excluding hydrogens is 499 g/mol. The van der Waals surface area contributed by atoms with Crippen molar-refractivity contribution in [3.8, 4) is 11.4 Å². The molecule has 0 amide bonds. The fourth-order valence-electron chi connectivity index (χ4n) is 3.88. The predicted octanol–water partition coefficient (Wildman–Crippen LogP) is 5.66. The van der Waals surface area contributed by atoms with Crippen LogP contribution in [0.25, 0.3) is 17.0 Å². The third-order valence-electron chi connectivity index (χ3n) is 5.51. The van der Waals surface area contributed by atoms with Crippen molar-refractivity contribution in [2.75, 3.05) is 27.3 Å². The maximum absolute atomic E-state index is 13.7. The van der Waals surface area contributed by atoms with Gasteiger partial charge in [0.25, 0.3) is 0 Å². The topological polar surface area (TPSA) is 88.7 Å². The summed E-state index contributed by atoms with van der Waals surface area (Å²) >= 11 is 0. The minimum atomic E-state index is -4.53. The Labute approximate surface area is 218 Å². The van der Waals surface area contributed by atoms with Crippen LogP contribution in [0.2, 0.25) is 0 Å². The van der Waals surface area contributed by atoms with Crippen LogP contribution >= 0.6 is 0 Å². The summed E-state index contributed by atoms with van der Waals surface area (Å²) in [5.74, 6) is -0.264. The molecule has 10 heteroatoms. The molecule has 0 atom stereocenters. The number of aliphatic carboxylic acids is 1. The zero-order valence-electron chi connectivity index (χ0n) is 21.0. The molecule has 0 unspecified atom stereocenters. The van der Waals surface area contributed by atoms with E-state index in [0.717, 1.165) is 11.6 Å². The summed E-state index contributed by atoms with van der Waals surface area (Å²) in [4.78, 5) is 16.9. The number of hydrogen-bond acceptors (Lipinski definition) is 6. The van der Waals surface area contributed by atoms with Gasteiger partial charge in [-0.05, 0) is 35.4 Å². The maximum atomic E-state index is 13.7. The fourth-order valence-corrected chi connectivity index (χ4v) is 3.88. The van der Waals surface area contributed by atoms with Crippen LogP contribution < -0.4 is 0 Å². The summed E-state index contributed by atoms with van der Waals surface area (Å²) in [6.07, 6.45) is 0.290. The van der Waals surface area contributed by atoms with Gasteiger partial charge < -0.3 is 14.4 Å². The van der Waals surface area contributed by atoms with E-state index in [1.807, 2.05) is 24.3 Å². The molecule has 1 heterocycles. The first-order chi connectivity index (χ1) is 18.1. The second kappa shape index (κ2) is 13.0. The van der Waals surface area contributed by atoms with Gasteiger partial charge in [0.2, 0.25) is 11.7 Å². The van der Waals surface area contributed by atoms with E-state index in [0.29, 0.717) is 29.1 Å². The average Bonchev–Trinajstić information content (AvgIpc) is 3.34. The number of ether oxygens (including phenoxy) is 1. The fraction of sp³-hybridized carbons (Fsp3) is 0.250. The molecule has 200 valence electrons. The first-order valence-corrected chi connectivity index (χ1v) is 11.6. The highest BCUT2D eigenvalue weighted by atomic mass is 19.4. The molecule has 0 radical (unpaired) electrons. The maximum Gasteiger partial charge on any atom is 0.417 e. The molecule has 0 aliphatic carbocycles. The number of carbonyl (C=O) groups is 1. The number of methoxy groups -OCH3 is 1. The largest absolute Gasteiger partial charge is 0.480 e. The van der Waals surface area contributed by atoms with Gasteiger partial charge in [0, 0.05) is 25.6 Å². The Kier molecular flexibility index (Phi) is 9.75. The van der Waals surface area contributed by atoms with Gasteiger partial charge in [-0.1, -0.05) is 72.4 Å². The van der Waals surface area contributed by atoms with E-state index in [2.05, 4.69) is 16.7 Å². The molecule has 0 saturated heterocycles. The number of rotatable bonds is 12. The van der Waals surface area contributed by atoms with Gasteiger partial charge in [-0.2, -0.15) is 18.2 Å². The Bertz CT molecular complexity index is 1310. The third-order valence-corrected chi connectivity index (χ3v) is 5.51. The van der Waals surface area contributed by atoms with Crippen molar-refractivity contribution in [1.29, 1.82) is 0 Å². The van der Waals surface area contributed by atoms with E-state index in [-0.39, 0.29) is 31.0 Å². The highest BCUT2D eigenvalue weighted by molar-refractivity contribution is 5.82. The number of benzene rings is 2. The van der Waals surface area contributed by atoms with Crippen LogP contribution in [0.3, 0.4) is 0 Å². The van der Waals surface area contributed by atoms with Crippen LogP contribution in [0.5, 0.6) is 0 Å². The molecule has 3 aromatic rings. The highest BCUT2D eigenvalue weighted by Gasteiger charge is 2.34. The molecular formula is C28H28F3N3O4. The molecule has 0 spiro atoms. The van der Waals surface area contributed by atoms with Crippen molar-refractivity contribution in [3.63, 3.8) is 0 Å². The quantitative estimate of drug-likeness (QED) is 0.304. The molecule has 0 bridgehead atoms. The van der Waals surface area contributed by atoms with E-state index in [1.165, 1.54) is 31.4 Å². The second-order valence-electron chi connectivity index (χ2n) is 8.50. The van der Waals surface area contributed by atoms with Crippen LogP contribution in [0, 0.1) is 0 Å². The van der Waals surface area contributed by atoms with Gasteiger partial charge in [0.05, 0.1) is 18.7 Å². The summed E-state index contributed by atoms with van der Waals surface area (Å²) in [7, 11) is 3.18. The summed E-state index contributed by atoms with van der Waals surface area (Å²) in [6, 6.07) is 12.7. The molecule has 3 rings (SSSR count). The third kappa shape index (κ3) is 7.74. The van der Waals surface area contributed by atoms with Crippen molar-refractivity contribution in [2.45, 2.75) is 19.1 Å². The minimum Gasteiger partial charge on any atom is -0.480 e. The lowest BCUT2D eigenvalue weighted by molar-refractivity contribution is -0.138. The Balaban J connectivity index is 1.81. The van der Waals surface area contributed by atoms with Gasteiger partial charge >= 0.3 is 12.1 Å². The van der Waals surface area contributed by atoms with E-state index in [4.69, 9.17) is 14.4 Å². The number of nitrogens with zero attached hydrogens (tertiary/aromatic N) is 3. The molecule has 0 aliphatic heterocycles. The lowest BCUT2D eigenvalue weighted by Gasteiger charge is -2.17. The van der Waals surface area contributed by atoms with E-state index >= 15 is 0 Å². The standard InChI is InChI=1S/C28H28F3N3O4/c1-4-7-22(23-8-5-6-9-24(23)28(29,30)31)21(18-37-3)14-15-25-32-27(33-38-25)20-12-10-19(11-13-20)16-34(2)17-26(35)36/h4-14H,1,15-18H2,2-3H3,(H,35,36)/b21-14-,22-7+. The van der Waals surface area contributed by atoms with Gasteiger partial charge in [0.15, 0.2) is 0 Å². The summed E-state index contributed by atoms with van der Waals surface area (Å²) < 4.78 is 51.7. The second-order valence-corrected chi connectivity index (χ2v) is 8.50. The van der Waals surface area contributed by atoms with Crippen molar-refractivity contribution < 1.29 is 32.3 Å². The molecule has 0 fully saturated rings. The lowest BCUT2D eigenvalue weighted by atomic mass is 9.92. The van der Waals surface area contributed by atoms with Crippen molar-refractivity contribution in [3.05, 3.63) is 101 Å². The number of carboxylic acid groups (broad SMARTS) is 1. The van der Waals surface area contributed by atoms with Gasteiger partial charge in [-0.25, -0.2) is 0 Å². The highest BCUT2D eigenvalue weighted by Crippen LogP contribution is 2.37. The number of halogens is 3. The van der Waals surface area contributed by atoms with Crippen LogP contribution in [-0.2, 0) is 28.7 Å². The predicted molar refractivity (Wildman–Crippen MR) is 137 cm³/mol. The minimum absolute atomic E-state index is 0.0171. The number of aromatic nitrogens is 2. The van der Waals surface area contributed by atoms with Crippen molar-refractivity contribution >= 4 is 11.5 Å². The summed E-state index contributed by atoms with van der Waals surface area (Å²) in [5, 5.41) is 12.9. The number of carboxylic acids is 1. The smallest absolute Gasteiger partial charge is 0.417 e. The summed E-state index contributed by atoms with van der Waals surface area (Å²) in [5.41, 5.74) is 1.74. The first kappa shape index (κ1) is 28.5. The van der Waals surface area contributed by atoms with Crippen LogP contribution in [0.1, 0.15) is 22.6 Å². The van der Waals surface area contributed by atoms with E-state index < -0.39 is 17.7 Å². The normalized spacial score (nSPS) is 12.7. The molecule has 1 N–H and O–H groups in total. The number of alkyl halides is 3. The Morgan fingerprint density at radius 3 is 2.53 bits per heavy atom. The van der Waals surface area contributed by atoms with Crippen molar-refractivity contribution in [1.82, 2.24) is 15.0 Å². The Morgan fingerprint density at radius 2 is 1.89 bits per heavy atom. The molecule has 7 nitrogen and oxygen atoms in total. The summed E-state index contributed by atoms with van der Waals surface area (Å²) in [6.45, 7) is 4.11. The van der Waals surface area contributed by atoms with E-state index in [1.54, 1.807) is 24.1 Å². The van der Waals surface area contributed by atoms with Gasteiger partial charge in [0.1, 0.15) is 0 Å². The number of likely N-dealkylation sites (N-methyl/N-ethyl adjacent to an activating group) is 1. The van der Waals surface area contributed by atoms with Crippen molar-refractivity contribution in [2.24, 2.45) is 0 Å². The zero-order valence-corrected chi connectivity index (χ0v) is 21.0. The zero-order chi connectivity index (χ0) is 27.7. The van der Waals surface area contributed by atoms with Crippen LogP contribution in [-0.4, -0.2) is 53.4 Å².